The van der Waals surface area contributed by atoms with Crippen molar-refractivity contribution in [3.63, 3.8) is 0 Å². The third-order valence-electron chi connectivity index (χ3n) is 1.84. The molecule has 3 heteroatoms. The molecule has 0 aliphatic rings. The van der Waals surface area contributed by atoms with Crippen molar-refractivity contribution >= 4 is 5.78 Å². The standard InChI is InChI=1S/C10H12FNO/c1-7-3-4-8(11)5-9(7)10(13)6-12-2/h3-5,12H,6H2,1-2H3. The quantitative estimate of drug-likeness (QED) is 0.716. The Morgan fingerprint density at radius 2 is 2.23 bits per heavy atom. The van der Waals surface area contributed by atoms with Crippen LogP contribution in [0.1, 0.15) is 15.9 Å². The Hall–Kier alpha value is -1.22. The van der Waals surface area contributed by atoms with Crippen LogP contribution in [0.15, 0.2) is 18.2 Å². The predicted octanol–water partition coefficient (Wildman–Crippen LogP) is 1.54. The predicted molar refractivity (Wildman–Crippen MR) is 49.4 cm³/mol. The van der Waals surface area contributed by atoms with Gasteiger partial charge in [0.15, 0.2) is 5.78 Å². The van der Waals surface area contributed by atoms with Crippen LogP contribution < -0.4 is 5.32 Å². The lowest BCUT2D eigenvalue weighted by molar-refractivity contribution is 0.0992. The van der Waals surface area contributed by atoms with Gasteiger partial charge in [-0.05, 0) is 31.7 Å². The van der Waals surface area contributed by atoms with Gasteiger partial charge < -0.3 is 5.32 Å². The van der Waals surface area contributed by atoms with Crippen LogP contribution in [0.4, 0.5) is 4.39 Å². The normalized spacial score (nSPS) is 10.1. The maximum absolute atomic E-state index is 12.8. The molecule has 1 aromatic carbocycles. The zero-order valence-electron chi connectivity index (χ0n) is 7.73. The number of nitrogens with one attached hydrogen (secondary N) is 1. The molecule has 70 valence electrons. The first-order chi connectivity index (χ1) is 6.15. The average Bonchev–Trinajstić information content (AvgIpc) is 2.09. The Kier molecular flexibility index (Phi) is 3.14. The average molecular weight is 181 g/mol. The van der Waals surface area contributed by atoms with Gasteiger partial charge in [0.2, 0.25) is 0 Å². The summed E-state index contributed by atoms with van der Waals surface area (Å²) in [5.74, 6) is -0.454. The van der Waals surface area contributed by atoms with E-state index >= 15 is 0 Å². The van der Waals surface area contributed by atoms with Crippen LogP contribution in [0.25, 0.3) is 0 Å². The van der Waals surface area contributed by atoms with Crippen LogP contribution in [-0.4, -0.2) is 19.4 Å². The molecular weight excluding hydrogens is 169 g/mol. The van der Waals surface area contributed by atoms with Crippen LogP contribution in [0, 0.1) is 12.7 Å². The van der Waals surface area contributed by atoms with E-state index in [0.717, 1.165) is 5.56 Å². The van der Waals surface area contributed by atoms with Crippen molar-refractivity contribution in [1.29, 1.82) is 0 Å². The number of likely N-dealkylation sites (N-methyl/N-ethyl adjacent to an activating group) is 1. The number of hydrogen-bond acceptors (Lipinski definition) is 2. The van der Waals surface area contributed by atoms with Crippen LogP contribution in [0.5, 0.6) is 0 Å². The minimum Gasteiger partial charge on any atom is -0.313 e. The first-order valence-corrected chi connectivity index (χ1v) is 4.09. The maximum atomic E-state index is 12.8. The van der Waals surface area contributed by atoms with Crippen LogP contribution in [0.2, 0.25) is 0 Å². The fraction of sp³-hybridized carbons (Fsp3) is 0.300. The molecule has 13 heavy (non-hydrogen) atoms. The Bertz CT molecular complexity index is 323. The van der Waals surface area contributed by atoms with Gasteiger partial charge in [-0.1, -0.05) is 6.07 Å². The molecular formula is C10H12FNO. The number of carbonyl (C=O) groups is 1. The molecule has 1 rings (SSSR count). The van der Waals surface area contributed by atoms with Crippen molar-refractivity contribution in [3.8, 4) is 0 Å². The van der Waals surface area contributed by atoms with Crippen LogP contribution in [-0.2, 0) is 0 Å². The van der Waals surface area contributed by atoms with E-state index in [0.29, 0.717) is 5.56 Å². The van der Waals surface area contributed by atoms with Crippen molar-refractivity contribution < 1.29 is 9.18 Å². The number of rotatable bonds is 3. The molecule has 0 aromatic heterocycles. The molecule has 0 spiro atoms. The van der Waals surface area contributed by atoms with Gasteiger partial charge in [0.05, 0.1) is 6.54 Å². The fourth-order valence-electron chi connectivity index (χ4n) is 1.15. The second-order valence-electron chi connectivity index (χ2n) is 2.91. The molecule has 0 heterocycles. The summed E-state index contributed by atoms with van der Waals surface area (Å²) in [4.78, 5) is 11.4. The van der Waals surface area contributed by atoms with Gasteiger partial charge in [-0.2, -0.15) is 0 Å². The number of ketones is 1. The summed E-state index contributed by atoms with van der Waals surface area (Å²) in [7, 11) is 1.69. The number of benzene rings is 1. The summed E-state index contributed by atoms with van der Waals surface area (Å²) in [6.07, 6.45) is 0. The van der Waals surface area contributed by atoms with E-state index in [4.69, 9.17) is 0 Å². The van der Waals surface area contributed by atoms with E-state index < -0.39 is 0 Å². The highest BCUT2D eigenvalue weighted by atomic mass is 19.1. The molecule has 0 aliphatic carbocycles. The zero-order valence-corrected chi connectivity index (χ0v) is 7.73. The third-order valence-corrected chi connectivity index (χ3v) is 1.84. The number of halogens is 1. The monoisotopic (exact) mass is 181 g/mol. The Labute approximate surface area is 76.8 Å². The molecule has 0 fully saturated rings. The summed E-state index contributed by atoms with van der Waals surface area (Å²) in [6, 6.07) is 4.23. The second-order valence-corrected chi connectivity index (χ2v) is 2.91. The van der Waals surface area contributed by atoms with E-state index in [2.05, 4.69) is 5.32 Å². The van der Waals surface area contributed by atoms with Crippen molar-refractivity contribution in [2.45, 2.75) is 6.92 Å². The Morgan fingerprint density at radius 3 is 2.85 bits per heavy atom. The molecule has 0 atom stereocenters. The highest BCUT2D eigenvalue weighted by molar-refractivity contribution is 5.98. The largest absolute Gasteiger partial charge is 0.313 e. The minimum absolute atomic E-state index is 0.0838. The van der Waals surface area contributed by atoms with Crippen LogP contribution in [0.3, 0.4) is 0 Å². The summed E-state index contributed by atoms with van der Waals surface area (Å²) in [6.45, 7) is 2.03. The molecule has 1 aromatic rings. The van der Waals surface area contributed by atoms with Crippen LogP contribution >= 0.6 is 0 Å². The maximum Gasteiger partial charge on any atom is 0.176 e. The topological polar surface area (TPSA) is 29.1 Å². The van der Waals surface area contributed by atoms with Crippen molar-refractivity contribution in [3.05, 3.63) is 35.1 Å². The molecule has 2 nitrogen and oxygen atoms in total. The third kappa shape index (κ3) is 2.36. The van der Waals surface area contributed by atoms with Gasteiger partial charge in [-0.15, -0.1) is 0 Å². The Balaban J connectivity index is 2.99. The molecule has 0 aliphatic heterocycles. The lowest BCUT2D eigenvalue weighted by Gasteiger charge is -2.03. The molecule has 0 saturated carbocycles. The number of hydrogen-bond donors (Lipinski definition) is 1. The lowest BCUT2D eigenvalue weighted by atomic mass is 10.0. The number of carbonyl (C=O) groups excluding carboxylic acids is 1. The molecule has 0 radical (unpaired) electrons. The Morgan fingerprint density at radius 1 is 1.54 bits per heavy atom. The number of Topliss-reactive ketones (excluding diaryl/α,β-unsaturated/α-hetero) is 1. The van der Waals surface area contributed by atoms with E-state index in [9.17, 15) is 9.18 Å². The SMILES string of the molecule is CNCC(=O)c1cc(F)ccc1C. The summed E-state index contributed by atoms with van der Waals surface area (Å²) < 4.78 is 12.8. The molecule has 0 saturated heterocycles. The van der Waals surface area contributed by atoms with E-state index in [-0.39, 0.29) is 18.1 Å². The van der Waals surface area contributed by atoms with Gasteiger partial charge in [0.25, 0.3) is 0 Å². The molecule has 1 N–H and O–H groups in total. The lowest BCUT2D eigenvalue weighted by Crippen LogP contribution is -2.19. The summed E-state index contributed by atoms with van der Waals surface area (Å²) in [5.41, 5.74) is 1.26. The number of aryl methyl sites for hydroxylation is 1. The first-order valence-electron chi connectivity index (χ1n) is 4.09. The molecule has 0 amide bonds. The van der Waals surface area contributed by atoms with Crippen molar-refractivity contribution in [1.82, 2.24) is 5.32 Å². The van der Waals surface area contributed by atoms with Gasteiger partial charge in [0.1, 0.15) is 5.82 Å². The molecule has 0 bridgehead atoms. The highest BCUT2D eigenvalue weighted by Gasteiger charge is 2.08. The summed E-state index contributed by atoms with van der Waals surface area (Å²) >= 11 is 0. The van der Waals surface area contributed by atoms with Gasteiger partial charge >= 0.3 is 0 Å². The zero-order chi connectivity index (χ0) is 9.84. The van der Waals surface area contributed by atoms with E-state index in [1.807, 2.05) is 0 Å². The minimum atomic E-state index is -0.370. The fourth-order valence-corrected chi connectivity index (χ4v) is 1.15. The first kappa shape index (κ1) is 9.86. The van der Waals surface area contributed by atoms with E-state index in [1.54, 1.807) is 20.0 Å². The van der Waals surface area contributed by atoms with Gasteiger partial charge in [0, 0.05) is 5.56 Å². The smallest absolute Gasteiger partial charge is 0.176 e. The van der Waals surface area contributed by atoms with Gasteiger partial charge in [-0.25, -0.2) is 4.39 Å². The van der Waals surface area contributed by atoms with Crippen molar-refractivity contribution in [2.24, 2.45) is 0 Å². The van der Waals surface area contributed by atoms with E-state index in [1.165, 1.54) is 12.1 Å². The second kappa shape index (κ2) is 4.14. The van der Waals surface area contributed by atoms with Gasteiger partial charge in [-0.3, -0.25) is 4.79 Å². The summed E-state index contributed by atoms with van der Waals surface area (Å²) in [5, 5.41) is 2.74. The molecule has 0 unspecified atom stereocenters. The van der Waals surface area contributed by atoms with Crippen molar-refractivity contribution in [2.75, 3.05) is 13.6 Å². The highest BCUT2D eigenvalue weighted by Crippen LogP contribution is 2.10.